The Hall–Kier alpha value is -4.16. The van der Waals surface area contributed by atoms with Crippen LogP contribution in [0.1, 0.15) is 23.9 Å². The number of esters is 1. The Morgan fingerprint density at radius 1 is 1.09 bits per heavy atom. The zero-order chi connectivity index (χ0) is 24.1. The molecule has 172 valence electrons. The monoisotopic (exact) mass is 474 g/mol. The molecule has 0 saturated carbocycles. The van der Waals surface area contributed by atoms with Crippen molar-refractivity contribution in [3.63, 3.8) is 0 Å². The fourth-order valence-electron chi connectivity index (χ4n) is 3.58. The number of sulfonamides is 1. The smallest absolute Gasteiger partial charge is 0.326 e. The van der Waals surface area contributed by atoms with E-state index in [1.807, 2.05) is 12.1 Å². The molecule has 0 bridgehead atoms. The van der Waals surface area contributed by atoms with Crippen molar-refractivity contribution in [1.82, 2.24) is 9.55 Å². The highest BCUT2D eigenvalue weighted by molar-refractivity contribution is 7.92. The van der Waals surface area contributed by atoms with Crippen molar-refractivity contribution in [2.75, 3.05) is 11.3 Å². The van der Waals surface area contributed by atoms with Crippen LogP contribution in [0.2, 0.25) is 0 Å². The highest BCUT2D eigenvalue weighted by Crippen LogP contribution is 2.24. The summed E-state index contributed by atoms with van der Waals surface area (Å²) in [5.41, 5.74) is 3.05. The molecule has 9 heteroatoms. The summed E-state index contributed by atoms with van der Waals surface area (Å²) in [5, 5.41) is 9.02. The molecule has 4 aromatic rings. The van der Waals surface area contributed by atoms with Gasteiger partial charge in [-0.1, -0.05) is 30.3 Å². The van der Waals surface area contributed by atoms with Gasteiger partial charge in [0.1, 0.15) is 12.4 Å². The summed E-state index contributed by atoms with van der Waals surface area (Å²) in [7, 11) is -3.77. The number of carbonyl (C=O) groups is 1. The van der Waals surface area contributed by atoms with Gasteiger partial charge in [-0.05, 0) is 55.0 Å². The van der Waals surface area contributed by atoms with Gasteiger partial charge in [0.25, 0.3) is 10.0 Å². The van der Waals surface area contributed by atoms with E-state index in [1.165, 1.54) is 12.1 Å². The first-order valence-electron chi connectivity index (χ1n) is 10.6. The summed E-state index contributed by atoms with van der Waals surface area (Å²) >= 11 is 0. The number of hydrogen-bond acceptors (Lipinski definition) is 6. The number of nitrogens with zero attached hydrogens (tertiary/aromatic N) is 3. The third-order valence-corrected chi connectivity index (χ3v) is 6.57. The fourth-order valence-corrected chi connectivity index (χ4v) is 4.65. The van der Waals surface area contributed by atoms with Crippen molar-refractivity contribution in [3.8, 4) is 6.07 Å². The van der Waals surface area contributed by atoms with Crippen LogP contribution in [0.3, 0.4) is 0 Å². The zero-order valence-electron chi connectivity index (χ0n) is 18.4. The van der Waals surface area contributed by atoms with E-state index < -0.39 is 16.0 Å². The lowest BCUT2D eigenvalue weighted by molar-refractivity contribution is -0.143. The summed E-state index contributed by atoms with van der Waals surface area (Å²) in [6, 6.07) is 22.3. The number of nitriles is 1. The minimum absolute atomic E-state index is 0.0646. The van der Waals surface area contributed by atoms with E-state index in [1.54, 1.807) is 60.0 Å². The maximum Gasteiger partial charge on any atom is 0.326 e. The summed E-state index contributed by atoms with van der Waals surface area (Å²) in [4.78, 5) is 17.1. The molecular weight excluding hydrogens is 452 g/mol. The number of rotatable bonds is 8. The second-order valence-corrected chi connectivity index (χ2v) is 9.21. The molecule has 0 saturated heterocycles. The van der Waals surface area contributed by atoms with Crippen LogP contribution in [0, 0.1) is 11.3 Å². The van der Waals surface area contributed by atoms with E-state index in [2.05, 4.69) is 15.8 Å². The SMILES string of the molecule is CCOC(=O)Cn1c(Cc2ccc(C#N)cc2)nc2ccc(NS(=O)(=O)c3ccccc3)cc21. The van der Waals surface area contributed by atoms with Gasteiger partial charge in [0, 0.05) is 6.42 Å². The summed E-state index contributed by atoms with van der Waals surface area (Å²) in [6.45, 7) is 1.92. The van der Waals surface area contributed by atoms with Gasteiger partial charge in [-0.25, -0.2) is 13.4 Å². The van der Waals surface area contributed by atoms with E-state index >= 15 is 0 Å². The van der Waals surface area contributed by atoms with E-state index in [-0.39, 0.29) is 18.0 Å². The molecule has 0 spiro atoms. The summed E-state index contributed by atoms with van der Waals surface area (Å²) < 4.78 is 35.0. The van der Waals surface area contributed by atoms with Crippen molar-refractivity contribution in [2.45, 2.75) is 24.8 Å². The molecule has 0 aliphatic carbocycles. The topological polar surface area (TPSA) is 114 Å². The Kier molecular flexibility index (Phi) is 6.61. The summed E-state index contributed by atoms with van der Waals surface area (Å²) in [5.74, 6) is 0.203. The lowest BCUT2D eigenvalue weighted by Crippen LogP contribution is -2.16. The van der Waals surface area contributed by atoms with Crippen LogP contribution in [-0.2, 0) is 32.5 Å². The number of hydrogen-bond donors (Lipinski definition) is 1. The second kappa shape index (κ2) is 9.77. The van der Waals surface area contributed by atoms with E-state index in [0.29, 0.717) is 34.5 Å². The van der Waals surface area contributed by atoms with Crippen LogP contribution in [0.15, 0.2) is 77.7 Å². The van der Waals surface area contributed by atoms with E-state index in [4.69, 9.17) is 10.00 Å². The third kappa shape index (κ3) is 5.08. The molecule has 0 amide bonds. The number of ether oxygens (including phenoxy) is 1. The minimum atomic E-state index is -3.77. The number of aromatic nitrogens is 2. The van der Waals surface area contributed by atoms with Gasteiger partial charge in [0.15, 0.2) is 0 Å². The lowest BCUT2D eigenvalue weighted by Gasteiger charge is -2.11. The normalized spacial score (nSPS) is 11.2. The Balaban J connectivity index is 1.72. The molecule has 1 N–H and O–H groups in total. The molecule has 0 radical (unpaired) electrons. The van der Waals surface area contributed by atoms with Crippen LogP contribution in [0.4, 0.5) is 5.69 Å². The molecule has 0 unspecified atom stereocenters. The maximum atomic E-state index is 12.8. The Bertz CT molecular complexity index is 1470. The Labute approximate surface area is 197 Å². The molecule has 3 aromatic carbocycles. The first-order valence-corrected chi connectivity index (χ1v) is 12.1. The minimum Gasteiger partial charge on any atom is -0.465 e. The number of nitrogens with one attached hydrogen (secondary N) is 1. The largest absolute Gasteiger partial charge is 0.465 e. The van der Waals surface area contributed by atoms with Crippen LogP contribution in [0.5, 0.6) is 0 Å². The average Bonchev–Trinajstić information content (AvgIpc) is 3.16. The number of benzene rings is 3. The first-order chi connectivity index (χ1) is 16.4. The van der Waals surface area contributed by atoms with Gasteiger partial charge in [-0.3, -0.25) is 9.52 Å². The molecule has 0 aliphatic heterocycles. The van der Waals surface area contributed by atoms with Crippen molar-refractivity contribution >= 4 is 32.7 Å². The van der Waals surface area contributed by atoms with Crippen LogP contribution < -0.4 is 4.72 Å². The summed E-state index contributed by atoms with van der Waals surface area (Å²) in [6.07, 6.45) is 0.421. The Morgan fingerprint density at radius 3 is 2.50 bits per heavy atom. The predicted molar refractivity (Wildman–Crippen MR) is 128 cm³/mol. The van der Waals surface area contributed by atoms with Crippen molar-refractivity contribution in [1.29, 1.82) is 5.26 Å². The highest BCUT2D eigenvalue weighted by Gasteiger charge is 2.18. The van der Waals surface area contributed by atoms with Gasteiger partial charge in [0.05, 0.1) is 39.9 Å². The molecular formula is C25H22N4O4S. The van der Waals surface area contributed by atoms with Crippen LogP contribution in [0.25, 0.3) is 11.0 Å². The lowest BCUT2D eigenvalue weighted by atomic mass is 10.1. The second-order valence-electron chi connectivity index (χ2n) is 7.53. The van der Waals surface area contributed by atoms with E-state index in [9.17, 15) is 13.2 Å². The fraction of sp³-hybridized carbons (Fsp3) is 0.160. The third-order valence-electron chi connectivity index (χ3n) is 5.17. The predicted octanol–water partition coefficient (Wildman–Crippen LogP) is 3.86. The zero-order valence-corrected chi connectivity index (χ0v) is 19.2. The molecule has 0 aliphatic rings. The van der Waals surface area contributed by atoms with Gasteiger partial charge in [-0.15, -0.1) is 0 Å². The number of carbonyl (C=O) groups excluding carboxylic acids is 1. The molecule has 4 rings (SSSR count). The van der Waals surface area contributed by atoms with Crippen LogP contribution in [-0.4, -0.2) is 30.5 Å². The number of imidazole rings is 1. The molecule has 34 heavy (non-hydrogen) atoms. The average molecular weight is 475 g/mol. The molecule has 0 fully saturated rings. The van der Waals surface area contributed by atoms with Gasteiger partial charge in [0.2, 0.25) is 0 Å². The highest BCUT2D eigenvalue weighted by atomic mass is 32.2. The van der Waals surface area contributed by atoms with Crippen LogP contribution >= 0.6 is 0 Å². The van der Waals surface area contributed by atoms with Gasteiger partial charge in [-0.2, -0.15) is 5.26 Å². The van der Waals surface area contributed by atoms with Gasteiger partial charge >= 0.3 is 5.97 Å². The quantitative estimate of drug-likeness (QED) is 0.388. The van der Waals surface area contributed by atoms with E-state index in [0.717, 1.165) is 5.56 Å². The van der Waals surface area contributed by atoms with Crippen molar-refractivity contribution in [3.05, 3.63) is 89.7 Å². The molecule has 1 heterocycles. The molecule has 8 nitrogen and oxygen atoms in total. The van der Waals surface area contributed by atoms with Crippen molar-refractivity contribution < 1.29 is 17.9 Å². The number of anilines is 1. The molecule has 1 aromatic heterocycles. The standard InChI is InChI=1S/C25H22N4O4S/c1-2-33-25(30)17-29-23-15-20(28-34(31,32)21-6-4-3-5-7-21)12-13-22(23)27-24(29)14-18-8-10-19(16-26)11-9-18/h3-13,15,28H,2,14,17H2,1H3. The first kappa shape index (κ1) is 23.0. The van der Waals surface area contributed by atoms with Crippen molar-refractivity contribution in [2.24, 2.45) is 0 Å². The maximum absolute atomic E-state index is 12.8. The Morgan fingerprint density at radius 2 is 1.82 bits per heavy atom. The molecule has 0 atom stereocenters. The van der Waals surface area contributed by atoms with Gasteiger partial charge < -0.3 is 9.30 Å². The number of fused-ring (bicyclic) bond motifs is 1.